The highest BCUT2D eigenvalue weighted by molar-refractivity contribution is 8.13. The predicted molar refractivity (Wildman–Crippen MR) is 174 cm³/mol. The number of carbonyl (C=O) groups is 3. The van der Waals surface area contributed by atoms with Crippen molar-refractivity contribution in [3.05, 3.63) is 12.2 Å². The first-order valence-corrected chi connectivity index (χ1v) is 17.9. The Labute approximate surface area is 257 Å². The summed E-state index contributed by atoms with van der Waals surface area (Å²) in [5, 5.41) is 0.0179. The lowest BCUT2D eigenvalue weighted by Crippen LogP contribution is -2.31. The lowest BCUT2D eigenvalue weighted by atomic mass is 10.0. The van der Waals surface area contributed by atoms with E-state index in [0.717, 1.165) is 44.3 Å². The SMILES string of the molecule is CCCCCC/C=C\COC(=O)CCCN(CCCC(=O)OC(CCCCCC)CCCCCC)C(=O)SCCC. The van der Waals surface area contributed by atoms with E-state index < -0.39 is 0 Å². The van der Waals surface area contributed by atoms with Crippen molar-refractivity contribution in [2.75, 3.05) is 25.4 Å². The minimum Gasteiger partial charge on any atom is -0.462 e. The average molecular weight is 598 g/mol. The van der Waals surface area contributed by atoms with Crippen LogP contribution in [-0.4, -0.2) is 53.6 Å². The summed E-state index contributed by atoms with van der Waals surface area (Å²) in [6.07, 6.45) is 23.9. The number of rotatable bonds is 28. The largest absolute Gasteiger partial charge is 0.462 e. The number of thioether (sulfide) groups is 1. The summed E-state index contributed by atoms with van der Waals surface area (Å²) in [7, 11) is 0. The van der Waals surface area contributed by atoms with Gasteiger partial charge in [0.05, 0.1) is 0 Å². The Morgan fingerprint density at radius 2 is 1.22 bits per heavy atom. The first-order chi connectivity index (χ1) is 20.0. The molecular weight excluding hydrogens is 534 g/mol. The molecule has 0 fully saturated rings. The maximum Gasteiger partial charge on any atom is 0.306 e. The molecule has 0 aromatic carbocycles. The summed E-state index contributed by atoms with van der Waals surface area (Å²) in [6.45, 7) is 9.96. The van der Waals surface area contributed by atoms with Gasteiger partial charge in [0.1, 0.15) is 12.7 Å². The lowest BCUT2D eigenvalue weighted by molar-refractivity contribution is -0.150. The first kappa shape index (κ1) is 39.5. The quantitative estimate of drug-likeness (QED) is 0.0507. The molecule has 0 aromatic heterocycles. The molecule has 0 aromatic rings. The zero-order chi connectivity index (χ0) is 30.4. The fourth-order valence-electron chi connectivity index (χ4n) is 4.60. The summed E-state index contributed by atoms with van der Waals surface area (Å²) >= 11 is 1.31. The van der Waals surface area contributed by atoms with Gasteiger partial charge in [0, 0.05) is 31.7 Å². The predicted octanol–water partition coefficient (Wildman–Crippen LogP) is 10.0. The van der Waals surface area contributed by atoms with Gasteiger partial charge in [-0.1, -0.05) is 109 Å². The number of allylic oxidation sites excluding steroid dienone is 1. The van der Waals surface area contributed by atoms with E-state index in [-0.39, 0.29) is 29.7 Å². The highest BCUT2D eigenvalue weighted by Crippen LogP contribution is 2.17. The van der Waals surface area contributed by atoms with Crippen molar-refractivity contribution in [3.63, 3.8) is 0 Å². The smallest absolute Gasteiger partial charge is 0.306 e. The van der Waals surface area contributed by atoms with E-state index in [0.29, 0.717) is 39.0 Å². The number of hydrogen-bond donors (Lipinski definition) is 0. The molecule has 0 aliphatic rings. The molecule has 41 heavy (non-hydrogen) atoms. The van der Waals surface area contributed by atoms with Gasteiger partial charge in [0.25, 0.3) is 5.24 Å². The number of esters is 2. The normalized spacial score (nSPS) is 11.3. The topological polar surface area (TPSA) is 72.9 Å². The van der Waals surface area contributed by atoms with E-state index in [1.54, 1.807) is 4.90 Å². The summed E-state index contributed by atoms with van der Waals surface area (Å²) in [5.41, 5.74) is 0. The molecule has 0 radical (unpaired) electrons. The monoisotopic (exact) mass is 597 g/mol. The van der Waals surface area contributed by atoms with Crippen molar-refractivity contribution < 1.29 is 23.9 Å². The zero-order valence-corrected chi connectivity index (χ0v) is 27.9. The van der Waals surface area contributed by atoms with Gasteiger partial charge >= 0.3 is 11.9 Å². The Kier molecular flexibility index (Phi) is 28.9. The molecule has 0 N–H and O–H groups in total. The van der Waals surface area contributed by atoms with Crippen LogP contribution in [0.25, 0.3) is 0 Å². The van der Waals surface area contributed by atoms with Crippen molar-refractivity contribution in [1.29, 1.82) is 0 Å². The van der Waals surface area contributed by atoms with E-state index in [2.05, 4.69) is 33.8 Å². The van der Waals surface area contributed by atoms with Crippen molar-refractivity contribution in [2.45, 2.75) is 162 Å². The van der Waals surface area contributed by atoms with E-state index in [1.165, 1.54) is 76.0 Å². The maximum absolute atomic E-state index is 12.8. The molecule has 240 valence electrons. The van der Waals surface area contributed by atoms with Crippen LogP contribution >= 0.6 is 11.8 Å². The van der Waals surface area contributed by atoms with E-state index in [1.807, 2.05) is 6.08 Å². The van der Waals surface area contributed by atoms with Gasteiger partial charge in [-0.3, -0.25) is 14.4 Å². The second-order valence-corrected chi connectivity index (χ2v) is 12.2. The second-order valence-electron chi connectivity index (χ2n) is 11.1. The third-order valence-electron chi connectivity index (χ3n) is 7.09. The molecule has 7 heteroatoms. The number of carbonyl (C=O) groups excluding carboxylic acids is 3. The molecule has 0 aliphatic heterocycles. The van der Waals surface area contributed by atoms with Crippen molar-refractivity contribution in [2.24, 2.45) is 0 Å². The molecule has 0 rings (SSSR count). The highest BCUT2D eigenvalue weighted by Gasteiger charge is 2.17. The summed E-state index contributed by atoms with van der Waals surface area (Å²) in [4.78, 5) is 39.4. The van der Waals surface area contributed by atoms with Crippen LogP contribution in [0.1, 0.15) is 156 Å². The number of amides is 1. The fraction of sp³-hybridized carbons (Fsp3) is 0.853. The Bertz CT molecular complexity index is 658. The number of nitrogens with zero attached hydrogens (tertiary/aromatic N) is 1. The van der Waals surface area contributed by atoms with Gasteiger partial charge < -0.3 is 14.4 Å². The molecule has 0 heterocycles. The summed E-state index contributed by atoms with van der Waals surface area (Å²) in [5.74, 6) is 0.375. The van der Waals surface area contributed by atoms with E-state index in [9.17, 15) is 14.4 Å². The molecule has 0 atom stereocenters. The van der Waals surface area contributed by atoms with Gasteiger partial charge in [-0.2, -0.15) is 0 Å². The van der Waals surface area contributed by atoms with Crippen LogP contribution in [0.4, 0.5) is 4.79 Å². The average Bonchev–Trinajstić information content (AvgIpc) is 2.96. The van der Waals surface area contributed by atoms with Crippen molar-refractivity contribution in [1.82, 2.24) is 4.90 Å². The Morgan fingerprint density at radius 3 is 1.78 bits per heavy atom. The van der Waals surface area contributed by atoms with Gasteiger partial charge in [-0.15, -0.1) is 0 Å². The fourth-order valence-corrected chi connectivity index (χ4v) is 5.34. The standard InChI is InChI=1S/C34H63NO5S/c1-5-9-12-15-16-17-20-29-39-32(36)25-21-27-35(34(38)41-30-8-4)28-22-26-33(37)40-31(23-18-13-10-6-2)24-19-14-11-7-3/h17,20,31H,5-16,18-19,21-30H2,1-4H3/b20-17-. The third kappa shape index (κ3) is 25.9. The van der Waals surface area contributed by atoms with E-state index in [4.69, 9.17) is 9.47 Å². The van der Waals surface area contributed by atoms with Crippen LogP contribution in [0, 0.1) is 0 Å². The minimum absolute atomic E-state index is 0.0102. The lowest BCUT2D eigenvalue weighted by Gasteiger charge is -2.22. The van der Waals surface area contributed by atoms with E-state index >= 15 is 0 Å². The van der Waals surface area contributed by atoms with Gasteiger partial charge in [-0.05, 0) is 57.8 Å². The van der Waals surface area contributed by atoms with Gasteiger partial charge in [0.15, 0.2) is 0 Å². The molecule has 0 spiro atoms. The number of ether oxygens (including phenoxy) is 2. The Morgan fingerprint density at radius 1 is 0.659 bits per heavy atom. The number of hydrogen-bond acceptors (Lipinski definition) is 6. The Hall–Kier alpha value is -1.50. The zero-order valence-electron chi connectivity index (χ0n) is 27.1. The van der Waals surface area contributed by atoms with Crippen molar-refractivity contribution in [3.8, 4) is 0 Å². The minimum atomic E-state index is -0.235. The van der Waals surface area contributed by atoms with Crippen LogP contribution in [0.5, 0.6) is 0 Å². The third-order valence-corrected chi connectivity index (χ3v) is 8.21. The van der Waals surface area contributed by atoms with Crippen molar-refractivity contribution >= 4 is 28.9 Å². The van der Waals surface area contributed by atoms with Gasteiger partial charge in [0.2, 0.25) is 0 Å². The van der Waals surface area contributed by atoms with Gasteiger partial charge in [-0.25, -0.2) is 0 Å². The molecule has 0 unspecified atom stereocenters. The second kappa shape index (κ2) is 30.0. The van der Waals surface area contributed by atoms with Crippen LogP contribution in [0.3, 0.4) is 0 Å². The van der Waals surface area contributed by atoms with Crippen LogP contribution in [-0.2, 0) is 19.1 Å². The van der Waals surface area contributed by atoms with Crippen LogP contribution < -0.4 is 0 Å². The molecule has 0 aliphatic carbocycles. The Balaban J connectivity index is 4.53. The molecule has 6 nitrogen and oxygen atoms in total. The maximum atomic E-state index is 12.8. The molecule has 0 bridgehead atoms. The first-order valence-electron chi connectivity index (χ1n) is 16.9. The number of unbranched alkanes of at least 4 members (excludes halogenated alkanes) is 10. The van der Waals surface area contributed by atoms with Crippen LogP contribution in [0.15, 0.2) is 12.2 Å². The summed E-state index contributed by atoms with van der Waals surface area (Å²) < 4.78 is 11.2. The van der Waals surface area contributed by atoms with Crippen LogP contribution in [0.2, 0.25) is 0 Å². The molecular formula is C34H63NO5S. The highest BCUT2D eigenvalue weighted by atomic mass is 32.2. The molecule has 0 saturated heterocycles. The molecule has 1 amide bonds. The summed E-state index contributed by atoms with van der Waals surface area (Å²) in [6, 6.07) is 0. The molecule has 0 saturated carbocycles.